The number of hydrogen-bond donors (Lipinski definition) is 2. The summed E-state index contributed by atoms with van der Waals surface area (Å²) in [5.74, 6) is 2.11. The number of amides is 1. The summed E-state index contributed by atoms with van der Waals surface area (Å²) in [5, 5.41) is 7.50. The van der Waals surface area contributed by atoms with Gasteiger partial charge in [0.05, 0.1) is 5.52 Å². The lowest BCUT2D eigenvalue weighted by Gasteiger charge is -2.29. The van der Waals surface area contributed by atoms with Crippen molar-refractivity contribution in [1.82, 2.24) is 15.3 Å². The summed E-state index contributed by atoms with van der Waals surface area (Å²) in [6.07, 6.45) is 3.66. The van der Waals surface area contributed by atoms with Crippen molar-refractivity contribution in [2.45, 2.75) is 38.3 Å². The Kier molecular flexibility index (Phi) is 7.04. The second-order valence-electron chi connectivity index (χ2n) is 8.59. The fourth-order valence-electron chi connectivity index (χ4n) is 4.16. The molecular formula is C25H31N5O2. The highest BCUT2D eigenvalue weighted by Gasteiger charge is 2.23. The summed E-state index contributed by atoms with van der Waals surface area (Å²) in [4.78, 5) is 23.5. The monoisotopic (exact) mass is 433 g/mol. The summed E-state index contributed by atoms with van der Waals surface area (Å²) < 4.78 is 5.35. The molecule has 1 aliphatic carbocycles. The van der Waals surface area contributed by atoms with Crippen LogP contribution >= 0.6 is 0 Å². The highest BCUT2D eigenvalue weighted by atomic mass is 16.5. The Morgan fingerprint density at radius 3 is 2.47 bits per heavy atom. The molecule has 1 amide bonds. The molecular weight excluding hydrogens is 402 g/mol. The zero-order valence-electron chi connectivity index (χ0n) is 18.8. The zero-order valence-corrected chi connectivity index (χ0v) is 18.8. The van der Waals surface area contributed by atoms with Crippen molar-refractivity contribution < 1.29 is 9.53 Å². The minimum atomic E-state index is -0.337. The molecule has 1 aliphatic rings. The Morgan fingerprint density at radius 1 is 1.00 bits per heavy atom. The minimum Gasteiger partial charge on any atom is -0.445 e. The fourth-order valence-corrected chi connectivity index (χ4v) is 4.16. The van der Waals surface area contributed by atoms with Crippen molar-refractivity contribution in [1.29, 1.82) is 0 Å². The first-order valence-corrected chi connectivity index (χ1v) is 11.2. The number of alkyl carbamates (subject to hydrolysis) is 1. The molecule has 1 heterocycles. The van der Waals surface area contributed by atoms with Crippen LogP contribution in [0.15, 0.2) is 54.6 Å². The van der Waals surface area contributed by atoms with Gasteiger partial charge in [-0.05, 0) is 49.3 Å². The molecule has 2 aromatic carbocycles. The lowest BCUT2D eigenvalue weighted by molar-refractivity contribution is 0.131. The fraction of sp³-hybridized carbons (Fsp3) is 0.400. The van der Waals surface area contributed by atoms with Gasteiger partial charge in [0, 0.05) is 32.1 Å². The molecule has 0 bridgehead atoms. The number of fused-ring (bicyclic) bond motifs is 1. The van der Waals surface area contributed by atoms with E-state index in [4.69, 9.17) is 9.72 Å². The third kappa shape index (κ3) is 5.66. The Bertz CT molecular complexity index is 1030. The highest BCUT2D eigenvalue weighted by Crippen LogP contribution is 2.26. The number of anilines is 2. The molecule has 168 valence electrons. The van der Waals surface area contributed by atoms with Crippen molar-refractivity contribution in [2.24, 2.45) is 5.92 Å². The summed E-state index contributed by atoms with van der Waals surface area (Å²) >= 11 is 0. The maximum absolute atomic E-state index is 12.1. The van der Waals surface area contributed by atoms with Crippen LogP contribution in [-0.4, -0.2) is 42.7 Å². The van der Waals surface area contributed by atoms with Gasteiger partial charge in [-0.25, -0.2) is 9.78 Å². The van der Waals surface area contributed by atoms with Crippen LogP contribution in [0.2, 0.25) is 0 Å². The Labute approximate surface area is 189 Å². The molecule has 2 N–H and O–H groups in total. The van der Waals surface area contributed by atoms with Crippen LogP contribution < -0.4 is 15.5 Å². The van der Waals surface area contributed by atoms with Gasteiger partial charge in [0.25, 0.3) is 0 Å². The third-order valence-corrected chi connectivity index (χ3v) is 5.94. The van der Waals surface area contributed by atoms with Crippen molar-refractivity contribution in [2.75, 3.05) is 30.9 Å². The molecule has 0 atom stereocenters. The van der Waals surface area contributed by atoms with Gasteiger partial charge in [-0.1, -0.05) is 42.5 Å². The van der Waals surface area contributed by atoms with Crippen LogP contribution in [0.5, 0.6) is 0 Å². The molecule has 0 saturated heterocycles. The van der Waals surface area contributed by atoms with Crippen molar-refractivity contribution >= 4 is 28.8 Å². The predicted molar refractivity (Wildman–Crippen MR) is 128 cm³/mol. The molecule has 0 aliphatic heterocycles. The van der Waals surface area contributed by atoms with Gasteiger partial charge in [-0.2, -0.15) is 4.98 Å². The van der Waals surface area contributed by atoms with Crippen molar-refractivity contribution in [3.63, 3.8) is 0 Å². The van der Waals surface area contributed by atoms with Gasteiger partial charge in [-0.15, -0.1) is 0 Å². The molecule has 32 heavy (non-hydrogen) atoms. The standard InChI is InChI=1S/C25H31N5O2/c1-30(2)23-21-10-6-7-11-22(21)28-24(29-23)26-16-18-12-14-20(15-13-18)27-25(31)32-17-19-8-4-3-5-9-19/h3-11,18,20H,12-17H2,1-2H3,(H,27,31)(H,26,28,29)/t18-,20-. The number of aromatic nitrogens is 2. The van der Waals surface area contributed by atoms with E-state index >= 15 is 0 Å². The van der Waals surface area contributed by atoms with E-state index in [-0.39, 0.29) is 12.1 Å². The number of nitrogens with zero attached hydrogens (tertiary/aromatic N) is 3. The molecule has 7 heteroatoms. The SMILES string of the molecule is CN(C)c1nc(NC[C@H]2CC[C@H](NC(=O)OCc3ccccc3)CC2)nc2ccccc12. The van der Waals surface area contributed by atoms with Gasteiger partial charge in [0.1, 0.15) is 12.4 Å². The quantitative estimate of drug-likeness (QED) is 0.567. The van der Waals surface area contributed by atoms with E-state index in [2.05, 4.69) is 15.6 Å². The van der Waals surface area contributed by atoms with E-state index in [1.165, 1.54) is 0 Å². The predicted octanol–water partition coefficient (Wildman–Crippen LogP) is 4.59. The van der Waals surface area contributed by atoms with Crippen molar-refractivity contribution in [3.05, 3.63) is 60.2 Å². The summed E-state index contributed by atoms with van der Waals surface area (Å²) in [7, 11) is 4.00. The number of para-hydroxylation sites is 1. The van der Waals surface area contributed by atoms with Crippen LogP contribution in [-0.2, 0) is 11.3 Å². The van der Waals surface area contributed by atoms with E-state index in [1.807, 2.05) is 73.6 Å². The van der Waals surface area contributed by atoms with Gasteiger partial charge < -0.3 is 20.3 Å². The highest BCUT2D eigenvalue weighted by molar-refractivity contribution is 5.90. The Morgan fingerprint density at radius 2 is 1.72 bits per heavy atom. The lowest BCUT2D eigenvalue weighted by atomic mass is 9.86. The van der Waals surface area contributed by atoms with Crippen molar-refractivity contribution in [3.8, 4) is 0 Å². The first kappa shape index (κ1) is 21.9. The smallest absolute Gasteiger partial charge is 0.407 e. The lowest BCUT2D eigenvalue weighted by Crippen LogP contribution is -2.38. The zero-order chi connectivity index (χ0) is 22.3. The van der Waals surface area contributed by atoms with E-state index < -0.39 is 0 Å². The van der Waals surface area contributed by atoms with Crippen LogP contribution in [0.25, 0.3) is 10.9 Å². The van der Waals surface area contributed by atoms with Gasteiger partial charge >= 0.3 is 6.09 Å². The second-order valence-corrected chi connectivity index (χ2v) is 8.59. The number of nitrogens with one attached hydrogen (secondary N) is 2. The van der Waals surface area contributed by atoms with Gasteiger partial charge in [0.15, 0.2) is 0 Å². The summed E-state index contributed by atoms with van der Waals surface area (Å²) in [6.45, 7) is 1.13. The molecule has 1 aromatic heterocycles. The van der Waals surface area contributed by atoms with Crippen LogP contribution in [0.1, 0.15) is 31.2 Å². The summed E-state index contributed by atoms with van der Waals surface area (Å²) in [6, 6.07) is 18.0. The summed E-state index contributed by atoms with van der Waals surface area (Å²) in [5.41, 5.74) is 1.93. The molecule has 1 fully saturated rings. The number of rotatable bonds is 7. The van der Waals surface area contributed by atoms with E-state index in [9.17, 15) is 4.79 Å². The Balaban J connectivity index is 1.23. The normalized spacial score (nSPS) is 18.2. The number of hydrogen-bond acceptors (Lipinski definition) is 6. The third-order valence-electron chi connectivity index (χ3n) is 5.94. The first-order valence-electron chi connectivity index (χ1n) is 11.2. The molecule has 4 rings (SSSR count). The van der Waals surface area contributed by atoms with Crippen LogP contribution in [0.3, 0.4) is 0 Å². The minimum absolute atomic E-state index is 0.173. The molecule has 7 nitrogen and oxygen atoms in total. The largest absolute Gasteiger partial charge is 0.445 e. The number of carbonyl (C=O) groups excluding carboxylic acids is 1. The molecule has 0 unspecified atom stereocenters. The number of ether oxygens (including phenoxy) is 1. The maximum atomic E-state index is 12.1. The Hall–Kier alpha value is -3.35. The van der Waals surface area contributed by atoms with E-state index in [0.717, 1.165) is 54.5 Å². The maximum Gasteiger partial charge on any atom is 0.407 e. The number of carbonyl (C=O) groups is 1. The average molecular weight is 434 g/mol. The molecule has 0 radical (unpaired) electrons. The molecule has 0 spiro atoms. The number of benzene rings is 2. The topological polar surface area (TPSA) is 79.4 Å². The van der Waals surface area contributed by atoms with Gasteiger partial charge in [0.2, 0.25) is 5.95 Å². The van der Waals surface area contributed by atoms with Gasteiger partial charge in [-0.3, -0.25) is 0 Å². The van der Waals surface area contributed by atoms with E-state index in [1.54, 1.807) is 0 Å². The average Bonchev–Trinajstić information content (AvgIpc) is 2.82. The first-order chi connectivity index (χ1) is 15.6. The van der Waals surface area contributed by atoms with Crippen LogP contribution in [0, 0.1) is 5.92 Å². The van der Waals surface area contributed by atoms with E-state index in [0.29, 0.717) is 18.5 Å². The molecule has 3 aromatic rings. The van der Waals surface area contributed by atoms with Crippen LogP contribution in [0.4, 0.5) is 16.6 Å². The molecule has 1 saturated carbocycles. The second kappa shape index (κ2) is 10.3.